The number of benzene rings is 2. The molecular formula is C18H18Cl2N2O5. The van der Waals surface area contributed by atoms with Crippen LogP contribution < -0.4 is 5.32 Å². The van der Waals surface area contributed by atoms with Crippen molar-refractivity contribution in [3.63, 3.8) is 0 Å². The highest BCUT2D eigenvalue weighted by Gasteiger charge is 2.29. The Morgan fingerprint density at radius 3 is 2.59 bits per heavy atom. The second kappa shape index (κ2) is 9.55. The van der Waals surface area contributed by atoms with Crippen LogP contribution in [0.4, 0.5) is 10.5 Å². The van der Waals surface area contributed by atoms with Crippen LogP contribution in [0.1, 0.15) is 30.1 Å². The van der Waals surface area contributed by atoms with E-state index in [0.29, 0.717) is 10.6 Å². The third-order valence-electron chi connectivity index (χ3n) is 3.95. The van der Waals surface area contributed by atoms with Crippen LogP contribution in [-0.2, 0) is 4.74 Å². The van der Waals surface area contributed by atoms with E-state index in [9.17, 15) is 20.0 Å². The van der Waals surface area contributed by atoms with Gasteiger partial charge in [-0.15, -0.1) is 0 Å². The number of nitro groups is 1. The van der Waals surface area contributed by atoms with E-state index < -0.39 is 23.0 Å². The second-order valence-electron chi connectivity index (χ2n) is 5.64. The van der Waals surface area contributed by atoms with Gasteiger partial charge in [-0.1, -0.05) is 41.4 Å². The van der Waals surface area contributed by atoms with Crippen LogP contribution in [0.2, 0.25) is 10.0 Å². The number of aliphatic hydroxyl groups is 1. The summed E-state index contributed by atoms with van der Waals surface area (Å²) in [7, 11) is 0. The predicted molar refractivity (Wildman–Crippen MR) is 102 cm³/mol. The maximum atomic E-state index is 11.7. The monoisotopic (exact) mass is 412 g/mol. The molecule has 0 aliphatic heterocycles. The molecule has 2 rings (SSSR count). The van der Waals surface area contributed by atoms with Crippen LogP contribution in [0.15, 0.2) is 42.5 Å². The SMILES string of the molecule is CCOC(=O)NCC(c1ccc(Cl)c(Cl)c1)C(O)c1ccccc1[N+](=O)[O-]. The van der Waals surface area contributed by atoms with Gasteiger partial charge in [-0.3, -0.25) is 10.1 Å². The average molecular weight is 413 g/mol. The highest BCUT2D eigenvalue weighted by molar-refractivity contribution is 6.42. The van der Waals surface area contributed by atoms with Crippen LogP contribution in [0.5, 0.6) is 0 Å². The molecule has 0 aliphatic rings. The minimum atomic E-state index is -1.27. The molecule has 2 unspecified atom stereocenters. The number of carbonyl (C=O) groups excluding carboxylic acids is 1. The Kier molecular flexibility index (Phi) is 7.41. The quantitative estimate of drug-likeness (QED) is 0.515. The summed E-state index contributed by atoms with van der Waals surface area (Å²) < 4.78 is 4.83. The maximum absolute atomic E-state index is 11.7. The number of nitrogens with one attached hydrogen (secondary N) is 1. The molecule has 0 aromatic heterocycles. The number of amides is 1. The molecule has 2 N–H and O–H groups in total. The number of rotatable bonds is 7. The Morgan fingerprint density at radius 2 is 1.96 bits per heavy atom. The van der Waals surface area contributed by atoms with E-state index in [-0.39, 0.29) is 29.4 Å². The van der Waals surface area contributed by atoms with Crippen molar-refractivity contribution >= 4 is 35.0 Å². The van der Waals surface area contributed by atoms with Gasteiger partial charge in [0.15, 0.2) is 0 Å². The lowest BCUT2D eigenvalue weighted by molar-refractivity contribution is -0.386. The number of nitrogens with zero attached hydrogens (tertiary/aromatic N) is 1. The van der Waals surface area contributed by atoms with Gasteiger partial charge in [0.25, 0.3) is 5.69 Å². The Hall–Kier alpha value is -2.35. The van der Waals surface area contributed by atoms with Crippen molar-refractivity contribution in [2.24, 2.45) is 0 Å². The van der Waals surface area contributed by atoms with E-state index in [4.69, 9.17) is 27.9 Å². The summed E-state index contributed by atoms with van der Waals surface area (Å²) in [5.74, 6) is -0.717. The molecule has 0 aliphatic carbocycles. The molecule has 2 aromatic rings. The highest BCUT2D eigenvalue weighted by atomic mass is 35.5. The zero-order chi connectivity index (χ0) is 20.0. The molecule has 0 spiro atoms. The molecule has 2 aromatic carbocycles. The summed E-state index contributed by atoms with van der Waals surface area (Å²) >= 11 is 12.0. The first kappa shape index (κ1) is 21.0. The number of nitro benzene ring substituents is 1. The summed E-state index contributed by atoms with van der Waals surface area (Å²) in [5, 5.41) is 25.3. The van der Waals surface area contributed by atoms with Crippen molar-refractivity contribution in [1.29, 1.82) is 0 Å². The van der Waals surface area contributed by atoms with E-state index in [2.05, 4.69) is 5.32 Å². The lowest BCUT2D eigenvalue weighted by Gasteiger charge is -2.24. The predicted octanol–water partition coefficient (Wildman–Crippen LogP) is 4.46. The van der Waals surface area contributed by atoms with Crippen molar-refractivity contribution in [2.45, 2.75) is 18.9 Å². The van der Waals surface area contributed by atoms with Crippen molar-refractivity contribution in [3.8, 4) is 0 Å². The van der Waals surface area contributed by atoms with Gasteiger partial charge in [0.1, 0.15) is 0 Å². The number of hydrogen-bond donors (Lipinski definition) is 2. The van der Waals surface area contributed by atoms with Gasteiger partial charge in [0, 0.05) is 18.5 Å². The fraction of sp³-hybridized carbons (Fsp3) is 0.278. The molecule has 7 nitrogen and oxygen atoms in total. The molecule has 0 saturated heterocycles. The van der Waals surface area contributed by atoms with Gasteiger partial charge < -0.3 is 15.2 Å². The zero-order valence-corrected chi connectivity index (χ0v) is 15.9. The summed E-state index contributed by atoms with van der Waals surface area (Å²) in [6, 6.07) is 10.6. The molecule has 0 heterocycles. The van der Waals surface area contributed by atoms with Crippen molar-refractivity contribution in [2.75, 3.05) is 13.2 Å². The standard InChI is InChI=1S/C18H18Cl2N2O5/c1-2-27-18(24)21-10-13(11-7-8-14(19)15(20)9-11)17(23)12-5-3-4-6-16(12)22(25)26/h3-9,13,17,23H,2,10H2,1H3,(H,21,24). The summed E-state index contributed by atoms with van der Waals surface area (Å²) in [6.07, 6.45) is -1.93. The van der Waals surface area contributed by atoms with Crippen LogP contribution >= 0.6 is 23.2 Å². The van der Waals surface area contributed by atoms with Gasteiger partial charge >= 0.3 is 6.09 Å². The summed E-state index contributed by atoms with van der Waals surface area (Å²) in [6.45, 7) is 1.83. The lowest BCUT2D eigenvalue weighted by atomic mass is 9.88. The molecule has 0 bridgehead atoms. The normalized spacial score (nSPS) is 12.9. The van der Waals surface area contributed by atoms with E-state index >= 15 is 0 Å². The molecule has 2 atom stereocenters. The third-order valence-corrected chi connectivity index (χ3v) is 4.69. The van der Waals surface area contributed by atoms with Gasteiger partial charge in [0.2, 0.25) is 0 Å². The van der Waals surface area contributed by atoms with E-state index in [1.165, 1.54) is 18.2 Å². The number of aliphatic hydroxyl groups excluding tert-OH is 1. The number of hydrogen-bond acceptors (Lipinski definition) is 5. The third kappa shape index (κ3) is 5.32. The fourth-order valence-corrected chi connectivity index (χ4v) is 2.96. The first-order valence-corrected chi connectivity index (χ1v) is 8.87. The van der Waals surface area contributed by atoms with Gasteiger partial charge in [-0.05, 0) is 30.7 Å². The topological polar surface area (TPSA) is 102 Å². The van der Waals surface area contributed by atoms with E-state index in [1.807, 2.05) is 0 Å². The molecule has 144 valence electrons. The second-order valence-corrected chi connectivity index (χ2v) is 6.46. The largest absolute Gasteiger partial charge is 0.450 e. The lowest BCUT2D eigenvalue weighted by Crippen LogP contribution is -2.31. The smallest absolute Gasteiger partial charge is 0.407 e. The molecule has 1 amide bonds. The first-order valence-electron chi connectivity index (χ1n) is 8.12. The van der Waals surface area contributed by atoms with Crippen molar-refractivity contribution < 1.29 is 19.6 Å². The fourth-order valence-electron chi connectivity index (χ4n) is 2.65. The van der Waals surface area contributed by atoms with Crippen molar-refractivity contribution in [1.82, 2.24) is 5.32 Å². The molecule has 0 fully saturated rings. The Balaban J connectivity index is 2.40. The van der Waals surface area contributed by atoms with E-state index in [0.717, 1.165) is 0 Å². The minimum Gasteiger partial charge on any atom is -0.450 e. The zero-order valence-electron chi connectivity index (χ0n) is 14.4. The Bertz CT molecular complexity index is 831. The number of para-hydroxylation sites is 1. The molecule has 9 heteroatoms. The first-order chi connectivity index (χ1) is 12.8. The number of ether oxygens (including phenoxy) is 1. The van der Waals surface area contributed by atoms with Crippen LogP contribution in [-0.4, -0.2) is 29.3 Å². The molecule has 0 radical (unpaired) electrons. The van der Waals surface area contributed by atoms with Crippen LogP contribution in [0.25, 0.3) is 0 Å². The number of halogens is 2. The highest BCUT2D eigenvalue weighted by Crippen LogP contribution is 2.37. The number of alkyl carbamates (subject to hydrolysis) is 1. The molecular weight excluding hydrogens is 395 g/mol. The number of carbonyl (C=O) groups is 1. The Morgan fingerprint density at radius 1 is 1.26 bits per heavy atom. The minimum absolute atomic E-state index is 0.0238. The maximum Gasteiger partial charge on any atom is 0.407 e. The van der Waals surface area contributed by atoms with Gasteiger partial charge in [0.05, 0.1) is 33.2 Å². The summed E-state index contributed by atoms with van der Waals surface area (Å²) in [5.41, 5.74) is 0.474. The Labute approximate surface area is 166 Å². The van der Waals surface area contributed by atoms with Crippen LogP contribution in [0.3, 0.4) is 0 Å². The van der Waals surface area contributed by atoms with Crippen molar-refractivity contribution in [3.05, 3.63) is 73.8 Å². The van der Waals surface area contributed by atoms with Gasteiger partial charge in [-0.25, -0.2) is 4.79 Å². The van der Waals surface area contributed by atoms with Gasteiger partial charge in [-0.2, -0.15) is 0 Å². The average Bonchev–Trinajstić information content (AvgIpc) is 2.64. The van der Waals surface area contributed by atoms with Crippen LogP contribution in [0, 0.1) is 10.1 Å². The van der Waals surface area contributed by atoms with E-state index in [1.54, 1.807) is 31.2 Å². The molecule has 27 heavy (non-hydrogen) atoms. The summed E-state index contributed by atoms with van der Waals surface area (Å²) in [4.78, 5) is 22.4. The molecule has 0 saturated carbocycles.